The molecule has 0 fully saturated rings. The number of anilines is 1. The Hall–Kier alpha value is -2.83. The number of benzene rings is 1. The third-order valence-electron chi connectivity index (χ3n) is 2.59. The molecule has 0 saturated heterocycles. The topological polar surface area (TPSA) is 96.3 Å². The fourth-order valence-electron chi connectivity index (χ4n) is 1.65. The summed E-state index contributed by atoms with van der Waals surface area (Å²) in [6, 6.07) is 10.5. The molecule has 0 unspecified atom stereocenters. The second kappa shape index (κ2) is 7.09. The van der Waals surface area contributed by atoms with E-state index in [0.717, 1.165) is 5.56 Å². The largest absolute Gasteiger partial charge is 0.355 e. The Bertz CT molecular complexity index is 610. The number of aromatic nitrogens is 1. The van der Waals surface area contributed by atoms with Crippen molar-refractivity contribution in [3.8, 4) is 11.3 Å². The Kier molecular flexibility index (Phi) is 4.92. The van der Waals surface area contributed by atoms with Gasteiger partial charge in [-0.3, -0.25) is 10.1 Å². The van der Waals surface area contributed by atoms with Crippen molar-refractivity contribution in [2.45, 2.75) is 6.92 Å². The number of rotatable bonds is 5. The molecule has 21 heavy (non-hydrogen) atoms. The van der Waals surface area contributed by atoms with Gasteiger partial charge in [0, 0.05) is 18.2 Å². The monoisotopic (exact) mass is 288 g/mol. The van der Waals surface area contributed by atoms with Crippen molar-refractivity contribution in [1.29, 1.82) is 0 Å². The van der Waals surface area contributed by atoms with E-state index in [4.69, 9.17) is 4.52 Å². The second-order valence-corrected chi connectivity index (χ2v) is 4.20. The Balaban J connectivity index is 1.88. The van der Waals surface area contributed by atoms with Crippen LogP contribution < -0.4 is 16.0 Å². The minimum atomic E-state index is -0.519. The van der Waals surface area contributed by atoms with Gasteiger partial charge >= 0.3 is 6.03 Å². The highest BCUT2D eigenvalue weighted by atomic mass is 16.5. The highest BCUT2D eigenvalue weighted by Gasteiger charge is 2.10. The van der Waals surface area contributed by atoms with Crippen molar-refractivity contribution in [3.05, 3.63) is 36.4 Å². The van der Waals surface area contributed by atoms with Gasteiger partial charge in [0.15, 0.2) is 11.6 Å². The van der Waals surface area contributed by atoms with Crippen molar-refractivity contribution in [2.24, 2.45) is 0 Å². The Morgan fingerprint density at radius 3 is 2.67 bits per heavy atom. The van der Waals surface area contributed by atoms with Gasteiger partial charge in [0.25, 0.3) is 0 Å². The fourth-order valence-corrected chi connectivity index (χ4v) is 1.65. The molecule has 1 aromatic heterocycles. The molecule has 0 bridgehead atoms. The number of hydrogen-bond donors (Lipinski definition) is 3. The van der Waals surface area contributed by atoms with Crippen molar-refractivity contribution in [2.75, 3.05) is 18.4 Å². The molecule has 1 heterocycles. The van der Waals surface area contributed by atoms with Crippen LogP contribution in [0.15, 0.2) is 40.9 Å². The molecule has 7 nitrogen and oxygen atoms in total. The van der Waals surface area contributed by atoms with E-state index in [-0.39, 0.29) is 18.3 Å². The van der Waals surface area contributed by atoms with Crippen LogP contribution in [-0.2, 0) is 4.79 Å². The molecule has 0 aliphatic carbocycles. The van der Waals surface area contributed by atoms with Crippen molar-refractivity contribution in [3.63, 3.8) is 0 Å². The third kappa shape index (κ3) is 4.34. The molecule has 0 aliphatic heterocycles. The van der Waals surface area contributed by atoms with Gasteiger partial charge in [0.2, 0.25) is 5.91 Å². The van der Waals surface area contributed by atoms with Crippen molar-refractivity contribution in [1.82, 2.24) is 15.8 Å². The van der Waals surface area contributed by atoms with E-state index in [1.54, 1.807) is 13.0 Å². The van der Waals surface area contributed by atoms with Gasteiger partial charge in [0.05, 0.1) is 6.54 Å². The predicted octanol–water partition coefficient (Wildman–Crippen LogP) is 1.60. The number of urea groups is 1. The molecule has 0 radical (unpaired) electrons. The summed E-state index contributed by atoms with van der Waals surface area (Å²) in [5.41, 5.74) is 0.862. The van der Waals surface area contributed by atoms with Gasteiger partial charge in [-0.2, -0.15) is 0 Å². The lowest BCUT2D eigenvalue weighted by Gasteiger charge is -2.04. The van der Waals surface area contributed by atoms with Crippen LogP contribution in [-0.4, -0.2) is 30.2 Å². The number of nitrogens with zero attached hydrogens (tertiary/aromatic N) is 1. The zero-order valence-electron chi connectivity index (χ0n) is 11.6. The number of hydrogen-bond acceptors (Lipinski definition) is 4. The van der Waals surface area contributed by atoms with Gasteiger partial charge < -0.3 is 15.2 Å². The molecule has 110 valence electrons. The van der Waals surface area contributed by atoms with E-state index < -0.39 is 6.03 Å². The summed E-state index contributed by atoms with van der Waals surface area (Å²) in [6.45, 7) is 2.23. The SMILES string of the molecule is CCNC(=O)CNC(=O)Nc1cc(-c2ccccc2)on1. The van der Waals surface area contributed by atoms with E-state index in [0.29, 0.717) is 12.3 Å². The van der Waals surface area contributed by atoms with Crippen LogP contribution in [0.1, 0.15) is 6.92 Å². The van der Waals surface area contributed by atoms with Crippen LogP contribution >= 0.6 is 0 Å². The minimum absolute atomic E-state index is 0.0942. The quantitative estimate of drug-likeness (QED) is 0.778. The maximum absolute atomic E-state index is 11.6. The maximum atomic E-state index is 11.6. The standard InChI is InChI=1S/C14H16N4O3/c1-2-15-13(19)9-16-14(20)17-12-8-11(21-18-12)10-6-4-3-5-7-10/h3-8H,2,9H2,1H3,(H,15,19)(H2,16,17,18,20). The Labute approximate surface area is 121 Å². The van der Waals surface area contributed by atoms with E-state index in [2.05, 4.69) is 21.1 Å². The average Bonchev–Trinajstić information content (AvgIpc) is 2.95. The summed E-state index contributed by atoms with van der Waals surface area (Å²) in [5.74, 6) is 0.578. The van der Waals surface area contributed by atoms with Gasteiger partial charge in [-0.05, 0) is 6.92 Å². The highest BCUT2D eigenvalue weighted by Crippen LogP contribution is 2.21. The predicted molar refractivity (Wildman–Crippen MR) is 77.6 cm³/mol. The van der Waals surface area contributed by atoms with Gasteiger partial charge in [-0.15, -0.1) is 0 Å². The van der Waals surface area contributed by atoms with E-state index >= 15 is 0 Å². The molecule has 2 aromatic rings. The molecular formula is C14H16N4O3. The number of likely N-dealkylation sites (N-methyl/N-ethyl adjacent to an activating group) is 1. The molecule has 1 aromatic carbocycles. The van der Waals surface area contributed by atoms with Crippen LogP contribution in [0.25, 0.3) is 11.3 Å². The Morgan fingerprint density at radius 2 is 1.95 bits per heavy atom. The number of carbonyl (C=O) groups excluding carboxylic acids is 2. The molecule has 0 spiro atoms. The summed E-state index contributed by atoms with van der Waals surface area (Å²) >= 11 is 0. The summed E-state index contributed by atoms with van der Waals surface area (Å²) < 4.78 is 5.14. The molecule has 3 N–H and O–H groups in total. The smallest absolute Gasteiger partial charge is 0.320 e. The second-order valence-electron chi connectivity index (χ2n) is 4.20. The first kappa shape index (κ1) is 14.6. The van der Waals surface area contributed by atoms with Crippen LogP contribution in [0.3, 0.4) is 0 Å². The molecule has 3 amide bonds. The first-order chi connectivity index (χ1) is 10.2. The lowest BCUT2D eigenvalue weighted by molar-refractivity contribution is -0.119. The molecule has 0 aliphatic rings. The normalized spacial score (nSPS) is 9.95. The van der Waals surface area contributed by atoms with Crippen LogP contribution in [0.4, 0.5) is 10.6 Å². The van der Waals surface area contributed by atoms with E-state index in [1.807, 2.05) is 30.3 Å². The van der Waals surface area contributed by atoms with Crippen LogP contribution in [0.2, 0.25) is 0 Å². The molecule has 0 saturated carbocycles. The first-order valence-corrected chi connectivity index (χ1v) is 6.52. The lowest BCUT2D eigenvalue weighted by Crippen LogP contribution is -2.38. The fraction of sp³-hybridized carbons (Fsp3) is 0.214. The highest BCUT2D eigenvalue weighted by molar-refractivity contribution is 5.91. The lowest BCUT2D eigenvalue weighted by atomic mass is 10.2. The first-order valence-electron chi connectivity index (χ1n) is 6.52. The van der Waals surface area contributed by atoms with Gasteiger partial charge in [0.1, 0.15) is 0 Å². The van der Waals surface area contributed by atoms with E-state index in [9.17, 15) is 9.59 Å². The molecular weight excluding hydrogens is 272 g/mol. The molecule has 2 rings (SSSR count). The van der Waals surface area contributed by atoms with Crippen molar-refractivity contribution >= 4 is 17.8 Å². The minimum Gasteiger partial charge on any atom is -0.355 e. The zero-order valence-corrected chi connectivity index (χ0v) is 11.6. The van der Waals surface area contributed by atoms with Crippen LogP contribution in [0, 0.1) is 0 Å². The summed E-state index contributed by atoms with van der Waals surface area (Å²) in [6.07, 6.45) is 0. The molecule has 0 atom stereocenters. The summed E-state index contributed by atoms with van der Waals surface area (Å²) in [5, 5.41) is 11.2. The van der Waals surface area contributed by atoms with E-state index in [1.165, 1.54) is 0 Å². The van der Waals surface area contributed by atoms with Crippen LogP contribution in [0.5, 0.6) is 0 Å². The average molecular weight is 288 g/mol. The number of nitrogens with one attached hydrogen (secondary N) is 3. The van der Waals surface area contributed by atoms with Crippen molar-refractivity contribution < 1.29 is 14.1 Å². The summed E-state index contributed by atoms with van der Waals surface area (Å²) in [7, 11) is 0. The maximum Gasteiger partial charge on any atom is 0.320 e. The van der Waals surface area contributed by atoms with Gasteiger partial charge in [-0.1, -0.05) is 35.5 Å². The zero-order chi connectivity index (χ0) is 15.1. The number of carbonyl (C=O) groups is 2. The Morgan fingerprint density at radius 1 is 1.19 bits per heavy atom. The number of amides is 3. The van der Waals surface area contributed by atoms with Gasteiger partial charge in [-0.25, -0.2) is 4.79 Å². The molecule has 7 heteroatoms. The summed E-state index contributed by atoms with van der Waals surface area (Å²) in [4.78, 5) is 22.8. The third-order valence-corrected chi connectivity index (χ3v) is 2.59.